The zero-order valence-corrected chi connectivity index (χ0v) is 21.5. The third-order valence-electron chi connectivity index (χ3n) is 7.85. The summed E-state index contributed by atoms with van der Waals surface area (Å²) in [7, 11) is 0. The molecule has 0 saturated carbocycles. The lowest BCUT2D eigenvalue weighted by molar-refractivity contribution is -0.137. The van der Waals surface area contributed by atoms with Crippen LogP contribution in [0.3, 0.4) is 0 Å². The van der Waals surface area contributed by atoms with Crippen molar-refractivity contribution in [2.75, 3.05) is 44.7 Å². The average molecular weight is 512 g/mol. The maximum atomic E-state index is 15.8. The number of likely N-dealkylation sites (tertiary alicyclic amines) is 1. The van der Waals surface area contributed by atoms with Gasteiger partial charge in [-0.15, -0.1) is 0 Å². The zero-order chi connectivity index (χ0) is 25.7. The number of hydrogen-bond acceptors (Lipinski definition) is 6. The molecule has 0 radical (unpaired) electrons. The van der Waals surface area contributed by atoms with E-state index in [0.717, 1.165) is 61.7 Å². The second-order valence-electron chi connectivity index (χ2n) is 10.8. The molecule has 3 unspecified atom stereocenters. The van der Waals surface area contributed by atoms with Gasteiger partial charge in [0.05, 0.1) is 12.5 Å². The topological polar surface area (TPSA) is 83.9 Å². The van der Waals surface area contributed by atoms with Crippen molar-refractivity contribution in [2.45, 2.75) is 69.1 Å². The molecule has 3 aliphatic rings. The van der Waals surface area contributed by atoms with Crippen molar-refractivity contribution in [1.82, 2.24) is 9.88 Å². The third-order valence-corrected chi connectivity index (χ3v) is 7.85. The number of anilines is 1. The normalized spacial score (nSPS) is 24.4. The number of hydrogen-bond donors (Lipinski definition) is 2. The van der Waals surface area contributed by atoms with E-state index >= 15 is 4.39 Å². The molecule has 3 atom stereocenters. The van der Waals surface area contributed by atoms with E-state index in [0.29, 0.717) is 45.5 Å². The van der Waals surface area contributed by atoms with E-state index in [1.807, 2.05) is 30.3 Å². The Morgan fingerprint density at radius 3 is 3.08 bits per heavy atom. The molecule has 8 heteroatoms. The molecule has 0 spiro atoms. The zero-order valence-electron chi connectivity index (χ0n) is 21.5. The van der Waals surface area contributed by atoms with E-state index in [1.165, 1.54) is 5.56 Å². The van der Waals surface area contributed by atoms with Crippen LogP contribution >= 0.6 is 0 Å². The number of benzene rings is 1. The number of nitrogens with one attached hydrogen (secondary N) is 1. The fourth-order valence-corrected chi connectivity index (χ4v) is 5.77. The first kappa shape index (κ1) is 25.9. The standard InChI is InChI=1S/C29H38FN3O4/c30-29(11-10-24-9-8-21-5-2-13-31-28(21)32-24)12-14-33(20-29)18-23(17-27(34)35)22-4-1-6-25(16-22)37-19-26-7-3-15-36-26/h1,4,6,8-9,16,23,26H,2-3,5,7,10-15,17-20H2,(H,31,32)(H,34,35). The Morgan fingerprint density at radius 1 is 1.32 bits per heavy atom. The predicted molar refractivity (Wildman–Crippen MR) is 140 cm³/mol. The molecule has 1 aromatic heterocycles. The van der Waals surface area contributed by atoms with Gasteiger partial charge < -0.3 is 19.9 Å². The van der Waals surface area contributed by atoms with E-state index in [1.54, 1.807) is 0 Å². The van der Waals surface area contributed by atoms with Crippen LogP contribution in [0.15, 0.2) is 36.4 Å². The highest BCUT2D eigenvalue weighted by Gasteiger charge is 2.39. The Labute approximate surface area is 218 Å². The summed E-state index contributed by atoms with van der Waals surface area (Å²) in [6.07, 6.45) is 5.81. The molecule has 2 N–H and O–H groups in total. The highest BCUT2D eigenvalue weighted by atomic mass is 19.1. The number of carbonyl (C=O) groups is 1. The summed E-state index contributed by atoms with van der Waals surface area (Å²) in [5.41, 5.74) is 1.79. The first-order valence-electron chi connectivity index (χ1n) is 13.7. The summed E-state index contributed by atoms with van der Waals surface area (Å²) in [4.78, 5) is 18.5. The Hall–Kier alpha value is -2.71. The fraction of sp³-hybridized carbons (Fsp3) is 0.586. The van der Waals surface area contributed by atoms with Gasteiger partial charge in [0.2, 0.25) is 0 Å². The van der Waals surface area contributed by atoms with Crippen molar-refractivity contribution >= 4 is 11.8 Å². The third kappa shape index (κ3) is 6.99. The summed E-state index contributed by atoms with van der Waals surface area (Å²) in [6.45, 7) is 3.67. The molecule has 7 nitrogen and oxygen atoms in total. The van der Waals surface area contributed by atoms with Crippen molar-refractivity contribution in [2.24, 2.45) is 0 Å². The number of fused-ring (bicyclic) bond motifs is 1. The van der Waals surface area contributed by atoms with Crippen LogP contribution in [-0.2, 0) is 22.4 Å². The minimum Gasteiger partial charge on any atom is -0.491 e. The number of carboxylic acids is 1. The summed E-state index contributed by atoms with van der Waals surface area (Å²) >= 11 is 0. The van der Waals surface area contributed by atoms with Crippen molar-refractivity contribution in [3.8, 4) is 5.75 Å². The Balaban J connectivity index is 1.17. The predicted octanol–water partition coefficient (Wildman–Crippen LogP) is 4.60. The second-order valence-corrected chi connectivity index (χ2v) is 10.8. The largest absolute Gasteiger partial charge is 0.491 e. The lowest BCUT2D eigenvalue weighted by atomic mass is 9.94. The van der Waals surface area contributed by atoms with E-state index in [2.05, 4.69) is 16.3 Å². The van der Waals surface area contributed by atoms with E-state index < -0.39 is 11.6 Å². The number of ether oxygens (including phenoxy) is 2. The lowest BCUT2D eigenvalue weighted by Gasteiger charge is -2.25. The summed E-state index contributed by atoms with van der Waals surface area (Å²) < 4.78 is 27.4. The van der Waals surface area contributed by atoms with Crippen LogP contribution in [0.5, 0.6) is 5.75 Å². The number of aromatic nitrogens is 1. The average Bonchev–Trinajstić information content (AvgIpc) is 3.56. The number of aryl methyl sites for hydroxylation is 2. The van der Waals surface area contributed by atoms with Crippen molar-refractivity contribution in [1.29, 1.82) is 0 Å². The molecule has 3 aliphatic heterocycles. The van der Waals surface area contributed by atoms with Gasteiger partial charge in [-0.3, -0.25) is 9.69 Å². The van der Waals surface area contributed by atoms with Crippen molar-refractivity contribution < 1.29 is 23.8 Å². The van der Waals surface area contributed by atoms with Crippen LogP contribution in [-0.4, -0.2) is 72.1 Å². The molecule has 0 aliphatic carbocycles. The minimum absolute atomic E-state index is 0.00296. The summed E-state index contributed by atoms with van der Waals surface area (Å²) in [5.74, 6) is 0.577. The van der Waals surface area contributed by atoms with Gasteiger partial charge in [0.25, 0.3) is 0 Å². The van der Waals surface area contributed by atoms with Gasteiger partial charge in [-0.2, -0.15) is 0 Å². The molecule has 2 fully saturated rings. The lowest BCUT2D eigenvalue weighted by Crippen LogP contribution is -2.32. The smallest absolute Gasteiger partial charge is 0.304 e. The van der Waals surface area contributed by atoms with Gasteiger partial charge >= 0.3 is 5.97 Å². The first-order valence-corrected chi connectivity index (χ1v) is 13.7. The number of nitrogens with zero attached hydrogens (tertiary/aromatic N) is 2. The molecular weight excluding hydrogens is 473 g/mol. The minimum atomic E-state index is -1.29. The number of rotatable bonds is 11. The van der Waals surface area contributed by atoms with Crippen LogP contribution in [0.2, 0.25) is 0 Å². The number of alkyl halides is 1. The number of pyridine rings is 1. The molecule has 4 heterocycles. The Morgan fingerprint density at radius 2 is 2.24 bits per heavy atom. The Kier molecular flexibility index (Phi) is 8.25. The van der Waals surface area contributed by atoms with Gasteiger partial charge in [-0.1, -0.05) is 18.2 Å². The van der Waals surface area contributed by atoms with Crippen LogP contribution in [0.1, 0.15) is 61.3 Å². The molecular formula is C29H38FN3O4. The van der Waals surface area contributed by atoms with Gasteiger partial charge in [0.15, 0.2) is 0 Å². The first-order chi connectivity index (χ1) is 18.0. The highest BCUT2D eigenvalue weighted by molar-refractivity contribution is 5.68. The van der Waals surface area contributed by atoms with Crippen molar-refractivity contribution in [3.05, 3.63) is 53.2 Å². The second kappa shape index (κ2) is 11.8. The summed E-state index contributed by atoms with van der Waals surface area (Å²) in [5, 5.41) is 12.9. The van der Waals surface area contributed by atoms with Gasteiger partial charge in [-0.05, 0) is 74.3 Å². The Bertz CT molecular complexity index is 1080. The van der Waals surface area contributed by atoms with E-state index in [-0.39, 0.29) is 18.4 Å². The van der Waals surface area contributed by atoms with Gasteiger partial charge in [0, 0.05) is 44.4 Å². The maximum absolute atomic E-state index is 15.8. The molecule has 5 rings (SSSR count). The molecule has 0 bridgehead atoms. The quantitative estimate of drug-likeness (QED) is 0.456. The van der Waals surface area contributed by atoms with Gasteiger partial charge in [-0.25, -0.2) is 9.37 Å². The number of halogens is 1. The van der Waals surface area contributed by atoms with Gasteiger partial charge in [0.1, 0.15) is 23.8 Å². The fourth-order valence-electron chi connectivity index (χ4n) is 5.77. The molecule has 37 heavy (non-hydrogen) atoms. The monoisotopic (exact) mass is 511 g/mol. The molecule has 0 amide bonds. The molecule has 2 saturated heterocycles. The summed E-state index contributed by atoms with van der Waals surface area (Å²) in [6, 6.07) is 11.8. The van der Waals surface area contributed by atoms with Crippen molar-refractivity contribution in [3.63, 3.8) is 0 Å². The molecule has 200 valence electrons. The highest BCUT2D eigenvalue weighted by Crippen LogP contribution is 2.34. The number of carboxylic acid groups (broad SMARTS) is 1. The van der Waals surface area contributed by atoms with Crippen LogP contribution < -0.4 is 10.1 Å². The van der Waals surface area contributed by atoms with Crippen LogP contribution in [0.4, 0.5) is 10.2 Å². The SMILES string of the molecule is O=C(O)CC(CN1CCC(F)(CCc2ccc3c(n2)NCCC3)C1)c1cccc(OCC2CCCO2)c1. The maximum Gasteiger partial charge on any atom is 0.304 e. The van der Waals surface area contributed by atoms with E-state index in [4.69, 9.17) is 14.5 Å². The van der Waals surface area contributed by atoms with Crippen LogP contribution in [0, 0.1) is 0 Å². The molecule has 2 aromatic rings. The number of aliphatic carboxylic acids is 1. The molecule has 1 aromatic carbocycles. The van der Waals surface area contributed by atoms with E-state index in [9.17, 15) is 9.90 Å². The van der Waals surface area contributed by atoms with Crippen LogP contribution in [0.25, 0.3) is 0 Å².